The van der Waals surface area contributed by atoms with Crippen molar-refractivity contribution < 1.29 is 24.3 Å². The average molecular weight is 623 g/mol. The summed E-state index contributed by atoms with van der Waals surface area (Å²) < 4.78 is 14.2. The van der Waals surface area contributed by atoms with Gasteiger partial charge in [0, 0.05) is 66.5 Å². The molecule has 0 atom stereocenters. The van der Waals surface area contributed by atoms with Gasteiger partial charge in [0.15, 0.2) is 0 Å². The number of amides is 2. The fourth-order valence-corrected chi connectivity index (χ4v) is 7.58. The van der Waals surface area contributed by atoms with Gasteiger partial charge in [-0.1, -0.05) is 25.3 Å². The average Bonchev–Trinajstić information content (AvgIpc) is 3.67. The summed E-state index contributed by atoms with van der Waals surface area (Å²) in [6.45, 7) is 4.18. The molecule has 3 aromatic carbocycles. The number of fused-ring (bicyclic) bond motifs is 1. The van der Waals surface area contributed by atoms with E-state index in [1.165, 1.54) is 24.8 Å². The predicted molar refractivity (Wildman–Crippen MR) is 179 cm³/mol. The molecule has 9 nitrogen and oxygen atoms in total. The van der Waals surface area contributed by atoms with E-state index >= 15 is 0 Å². The van der Waals surface area contributed by atoms with Crippen LogP contribution in [0.15, 0.2) is 60.7 Å². The molecule has 2 N–H and O–H groups in total. The molecule has 3 fully saturated rings. The summed E-state index contributed by atoms with van der Waals surface area (Å²) in [5.41, 5.74) is 9.87. The molecule has 2 amide bonds. The van der Waals surface area contributed by atoms with Crippen molar-refractivity contribution in [2.75, 3.05) is 42.6 Å². The first kappa shape index (κ1) is 30.3. The van der Waals surface area contributed by atoms with Gasteiger partial charge in [0.25, 0.3) is 5.91 Å². The van der Waals surface area contributed by atoms with Crippen LogP contribution < -0.4 is 20.0 Å². The number of morpholine rings is 1. The molecular formula is C37H42N4O5. The molecule has 0 unspecified atom stereocenters. The first-order chi connectivity index (χ1) is 22.5. The summed E-state index contributed by atoms with van der Waals surface area (Å²) in [7, 11) is 2.06. The third kappa shape index (κ3) is 5.85. The molecule has 9 heteroatoms. The highest BCUT2D eigenvalue weighted by molar-refractivity contribution is 6.00. The van der Waals surface area contributed by atoms with E-state index in [0.29, 0.717) is 37.7 Å². The van der Waals surface area contributed by atoms with Crippen LogP contribution in [0, 0.1) is 0 Å². The lowest BCUT2D eigenvalue weighted by atomic mass is 9.82. The maximum Gasteiger partial charge on any atom is 0.274 e. The Kier molecular flexibility index (Phi) is 8.69. The highest BCUT2D eigenvalue weighted by atomic mass is 16.5. The highest BCUT2D eigenvalue weighted by Gasteiger charge is 2.27. The fraction of sp³-hybridized carbons (Fsp3) is 0.405. The van der Waals surface area contributed by atoms with Crippen molar-refractivity contribution >= 4 is 34.1 Å². The molecule has 0 bridgehead atoms. The minimum Gasteiger partial charge on any atom is -0.489 e. The monoisotopic (exact) mass is 622 g/mol. The first-order valence-corrected chi connectivity index (χ1v) is 16.6. The van der Waals surface area contributed by atoms with Crippen molar-refractivity contribution in [2.45, 2.75) is 57.5 Å². The minimum atomic E-state index is -0.514. The zero-order valence-electron chi connectivity index (χ0n) is 26.5. The third-order valence-corrected chi connectivity index (χ3v) is 9.94. The van der Waals surface area contributed by atoms with E-state index in [1.54, 1.807) is 11.5 Å². The molecule has 3 heterocycles. The lowest BCUT2D eigenvalue weighted by Crippen LogP contribution is -2.37. The van der Waals surface area contributed by atoms with Gasteiger partial charge >= 0.3 is 0 Å². The molecule has 1 saturated carbocycles. The SMILES string of the molecule is Cn1c(-c2ccc(OCc3cc(N4CCCC4=O)ccc3N3CCOCC3)cc2)c(C2CCCCC2)c2ccc(C(=O)NO)cc21. The largest absolute Gasteiger partial charge is 0.489 e. The van der Waals surface area contributed by atoms with Crippen LogP contribution in [0.25, 0.3) is 22.2 Å². The van der Waals surface area contributed by atoms with Crippen LogP contribution in [0.2, 0.25) is 0 Å². The van der Waals surface area contributed by atoms with Crippen LogP contribution in [0.5, 0.6) is 5.75 Å². The van der Waals surface area contributed by atoms with Gasteiger partial charge in [0.05, 0.1) is 18.9 Å². The van der Waals surface area contributed by atoms with Crippen molar-refractivity contribution in [2.24, 2.45) is 7.05 Å². The van der Waals surface area contributed by atoms with Gasteiger partial charge in [-0.05, 0) is 90.9 Å². The molecule has 1 aliphatic carbocycles. The lowest BCUT2D eigenvalue weighted by Gasteiger charge is -2.31. The van der Waals surface area contributed by atoms with Crippen LogP contribution in [-0.2, 0) is 23.2 Å². The van der Waals surface area contributed by atoms with Gasteiger partial charge in [-0.3, -0.25) is 14.8 Å². The van der Waals surface area contributed by atoms with Crippen LogP contribution in [0.3, 0.4) is 0 Å². The number of rotatable bonds is 8. The maximum absolute atomic E-state index is 12.5. The zero-order valence-corrected chi connectivity index (χ0v) is 26.5. The number of aryl methyl sites for hydroxylation is 1. The van der Waals surface area contributed by atoms with E-state index in [4.69, 9.17) is 9.47 Å². The van der Waals surface area contributed by atoms with E-state index in [9.17, 15) is 14.8 Å². The van der Waals surface area contributed by atoms with E-state index in [2.05, 4.69) is 46.8 Å². The zero-order chi connectivity index (χ0) is 31.6. The predicted octanol–water partition coefficient (Wildman–Crippen LogP) is 6.55. The molecule has 7 rings (SSSR count). The second-order valence-corrected chi connectivity index (χ2v) is 12.7. The van der Waals surface area contributed by atoms with Crippen molar-refractivity contribution in [3.05, 3.63) is 77.4 Å². The molecule has 4 aromatic rings. The van der Waals surface area contributed by atoms with Crippen LogP contribution >= 0.6 is 0 Å². The number of hydrogen-bond acceptors (Lipinski definition) is 6. The van der Waals surface area contributed by atoms with Gasteiger partial charge < -0.3 is 23.8 Å². The Morgan fingerprint density at radius 3 is 2.46 bits per heavy atom. The molecule has 3 aliphatic rings. The number of anilines is 2. The number of ether oxygens (including phenoxy) is 2. The molecule has 46 heavy (non-hydrogen) atoms. The number of benzene rings is 3. The standard InChI is InChI=1S/C37H42N4O5/c1-39-33-23-27(37(43)38-44)11-15-31(33)35(25-6-3-2-4-7-25)36(39)26-9-13-30(14-10-26)46-24-28-22-29(41-17-5-8-34(41)42)12-16-32(28)40-18-20-45-21-19-40/h9-16,22-23,25,44H,2-8,17-21,24H2,1H3,(H,38,43). The Morgan fingerprint density at radius 2 is 1.74 bits per heavy atom. The van der Waals surface area contributed by atoms with Gasteiger partial charge in [-0.15, -0.1) is 0 Å². The van der Waals surface area contributed by atoms with Crippen molar-refractivity contribution in [1.82, 2.24) is 10.0 Å². The molecule has 0 radical (unpaired) electrons. The number of nitrogens with zero attached hydrogens (tertiary/aromatic N) is 3. The lowest BCUT2D eigenvalue weighted by molar-refractivity contribution is -0.117. The molecular weight excluding hydrogens is 580 g/mol. The quantitative estimate of drug-likeness (QED) is 0.171. The summed E-state index contributed by atoms with van der Waals surface area (Å²) in [4.78, 5) is 29.0. The normalized spacial score (nSPS) is 17.6. The number of hydroxylamine groups is 1. The maximum atomic E-state index is 12.5. The minimum absolute atomic E-state index is 0.176. The highest BCUT2D eigenvalue weighted by Crippen LogP contribution is 2.44. The van der Waals surface area contributed by atoms with E-state index in [-0.39, 0.29) is 5.91 Å². The summed E-state index contributed by atoms with van der Waals surface area (Å²) in [6.07, 6.45) is 7.51. The van der Waals surface area contributed by atoms with Gasteiger partial charge in [-0.2, -0.15) is 0 Å². The molecule has 1 aromatic heterocycles. The van der Waals surface area contributed by atoms with Crippen LogP contribution in [-0.4, -0.2) is 54.4 Å². The first-order valence-electron chi connectivity index (χ1n) is 16.6. The smallest absolute Gasteiger partial charge is 0.274 e. The number of nitrogens with one attached hydrogen (secondary N) is 1. The van der Waals surface area contributed by atoms with Crippen LogP contribution in [0.4, 0.5) is 11.4 Å². The topological polar surface area (TPSA) is 96.3 Å². The van der Waals surface area contributed by atoms with E-state index < -0.39 is 5.91 Å². The molecule has 0 spiro atoms. The summed E-state index contributed by atoms with van der Waals surface area (Å²) in [5.74, 6) is 0.892. The van der Waals surface area contributed by atoms with Gasteiger partial charge in [0.1, 0.15) is 12.4 Å². The number of carbonyl (C=O) groups excluding carboxylic acids is 2. The second-order valence-electron chi connectivity index (χ2n) is 12.7. The number of hydrogen-bond donors (Lipinski definition) is 2. The summed E-state index contributed by atoms with van der Waals surface area (Å²) in [6, 6.07) is 20.3. The van der Waals surface area contributed by atoms with E-state index in [1.807, 2.05) is 29.2 Å². The van der Waals surface area contributed by atoms with Crippen molar-refractivity contribution in [3.63, 3.8) is 0 Å². The summed E-state index contributed by atoms with van der Waals surface area (Å²) in [5, 5.41) is 10.4. The Labute approximate surface area is 269 Å². The van der Waals surface area contributed by atoms with Gasteiger partial charge in [-0.25, -0.2) is 5.48 Å². The Bertz CT molecular complexity index is 1730. The summed E-state index contributed by atoms with van der Waals surface area (Å²) >= 11 is 0. The van der Waals surface area contributed by atoms with Crippen molar-refractivity contribution in [1.29, 1.82) is 0 Å². The molecule has 2 aliphatic heterocycles. The third-order valence-electron chi connectivity index (χ3n) is 9.94. The Morgan fingerprint density at radius 1 is 0.957 bits per heavy atom. The number of aromatic nitrogens is 1. The van der Waals surface area contributed by atoms with Gasteiger partial charge in [0.2, 0.25) is 5.91 Å². The second kappa shape index (κ2) is 13.2. The fourth-order valence-electron chi connectivity index (χ4n) is 7.58. The van der Waals surface area contributed by atoms with Crippen molar-refractivity contribution in [3.8, 4) is 17.0 Å². The molecule has 240 valence electrons. The Hall–Kier alpha value is -4.34. The molecule has 2 saturated heterocycles. The van der Waals surface area contributed by atoms with Crippen LogP contribution in [0.1, 0.15) is 72.3 Å². The number of carbonyl (C=O) groups is 2. The van der Waals surface area contributed by atoms with E-state index in [0.717, 1.165) is 83.7 Å². The Balaban J connectivity index is 1.18.